The van der Waals surface area contributed by atoms with Crippen LogP contribution in [0.25, 0.3) is 94.5 Å². The molecule has 15 rings (SSSR count). The molecule has 0 atom stereocenters. The molecule has 0 radical (unpaired) electrons. The van der Waals surface area contributed by atoms with Gasteiger partial charge in [0, 0.05) is 31.3 Å². The fraction of sp³-hybridized carbons (Fsp3) is 0.0769. The number of para-hydroxylation sites is 2. The molecule has 0 unspecified atom stereocenters. The van der Waals surface area contributed by atoms with Crippen molar-refractivity contribution in [3.8, 4) is 73.2 Å². The van der Waals surface area contributed by atoms with E-state index < -0.39 is 226 Å². The molecule has 1 aliphatic rings. The largest absolute Gasteiger partial charge is 0.458 e. The van der Waals surface area contributed by atoms with Gasteiger partial charge in [0.25, 0.3) is 6.33 Å². The summed E-state index contributed by atoms with van der Waals surface area (Å²) in [6.07, 6.45) is 5.10. The molecule has 6 heteroatoms. The first-order valence-electron chi connectivity index (χ1n) is 41.1. The lowest BCUT2D eigenvalue weighted by atomic mass is 9.87. The number of pyridine rings is 1. The minimum atomic E-state index is -6.34. The molecular formula is C78H60N4OSi. The number of fused-ring (bicyclic) bond motifs is 10. The van der Waals surface area contributed by atoms with Crippen LogP contribution in [0.15, 0.2) is 273 Å². The summed E-state index contributed by atoms with van der Waals surface area (Å²) in [7, 11) is -6.34. The normalized spacial score (nSPS) is 17.3. The standard InChI is InChI=1S/C78H60N4OSi/c1-52-24-21-25-53(2)75(52)69-40-23-39-68-64-36-17-15-34-62(64)63-35-16-18-37-65(63)70-49-61(84(58-28-9-6-10-29-58,59-30-11-7-12-31-59)60-32-13-8-14-33-60)50-73-77(70)81(76(68)69)51-80(73)55-26-22-27-56(47-55)83-57-42-43-67-66-38-19-20-41-71(66)82(72(67)48-57)74-46-54(44-45-79-74)78(3,4)5/h6-50H,1-5H3/i1D3,2D3,6D,7D,8D,9D,10D,11D,12D,13D,14D,15D,16D,17D,18D,28D,29D,30D,31D,32D,33D,34D,35D,36D,37D. The Morgan fingerprint density at radius 3 is 1.71 bits per heavy atom. The van der Waals surface area contributed by atoms with Crippen molar-refractivity contribution < 1.29 is 49.1 Å². The van der Waals surface area contributed by atoms with Gasteiger partial charge in [-0.15, -0.1) is 0 Å². The van der Waals surface area contributed by atoms with Gasteiger partial charge in [-0.25, -0.2) is 4.98 Å². The molecule has 0 saturated carbocycles. The molecule has 11 aromatic carbocycles. The number of aromatic nitrogens is 4. The summed E-state index contributed by atoms with van der Waals surface area (Å²) in [6.45, 7) is -0.0670. The van der Waals surface area contributed by atoms with Crippen molar-refractivity contribution in [1.29, 1.82) is 0 Å². The van der Waals surface area contributed by atoms with E-state index in [1.807, 2.05) is 53.1 Å². The molecule has 402 valence electrons. The van der Waals surface area contributed by atoms with Crippen molar-refractivity contribution in [1.82, 2.24) is 14.1 Å². The highest BCUT2D eigenvalue weighted by Gasteiger charge is 2.43. The van der Waals surface area contributed by atoms with Crippen LogP contribution in [0.1, 0.15) is 77.2 Å². The Hall–Kier alpha value is -10.1. The monoisotopic (exact) mass is 1130 g/mol. The van der Waals surface area contributed by atoms with Crippen LogP contribution in [0, 0.1) is 20.0 Å². The second kappa shape index (κ2) is 20.1. The van der Waals surface area contributed by atoms with Crippen molar-refractivity contribution in [2.45, 2.75) is 39.9 Å². The zero-order chi connectivity index (χ0) is 81.7. The Bertz CT molecular complexity index is 6270. The third kappa shape index (κ3) is 8.19. The maximum absolute atomic E-state index is 10.4. The van der Waals surface area contributed by atoms with Gasteiger partial charge in [0.05, 0.1) is 65.0 Å². The van der Waals surface area contributed by atoms with Gasteiger partial charge in [0.1, 0.15) is 17.3 Å². The number of hydrogen-bond donors (Lipinski definition) is 0. The van der Waals surface area contributed by atoms with Gasteiger partial charge in [-0.1, -0.05) is 233 Å². The van der Waals surface area contributed by atoms with Gasteiger partial charge in [0.15, 0.2) is 8.07 Å². The average Bonchev–Trinajstić information content (AvgIpc) is 1.63. The maximum Gasteiger partial charge on any atom is 0.269 e. The second-order valence-electron chi connectivity index (χ2n) is 21.1. The van der Waals surface area contributed by atoms with Crippen molar-refractivity contribution in [2.24, 2.45) is 0 Å². The molecule has 0 N–H and O–H groups in total. The lowest BCUT2D eigenvalue weighted by Gasteiger charge is -2.35. The highest BCUT2D eigenvalue weighted by Crippen LogP contribution is 2.46. The Kier molecular flexibility index (Phi) is 6.86. The van der Waals surface area contributed by atoms with Crippen molar-refractivity contribution in [2.75, 3.05) is 0 Å². The fourth-order valence-electron chi connectivity index (χ4n) is 11.6. The van der Waals surface area contributed by atoms with E-state index in [9.17, 15) is 27.4 Å². The Labute approximate surface area is 532 Å². The number of ether oxygens (including phenoxy) is 1. The highest BCUT2D eigenvalue weighted by atomic mass is 28.3. The third-order valence-corrected chi connectivity index (χ3v) is 19.5. The molecule has 0 saturated heterocycles. The van der Waals surface area contributed by atoms with Crippen LogP contribution in [0.3, 0.4) is 0 Å². The van der Waals surface area contributed by atoms with Crippen LogP contribution >= 0.6 is 0 Å². The number of hydrogen-bond acceptors (Lipinski definition) is 2. The van der Waals surface area contributed by atoms with Gasteiger partial charge in [0.2, 0.25) is 0 Å². The van der Waals surface area contributed by atoms with E-state index in [2.05, 4.69) is 27.1 Å². The predicted molar refractivity (Wildman–Crippen MR) is 349 cm³/mol. The molecule has 3 aromatic heterocycles. The Balaban J connectivity index is 1.20. The van der Waals surface area contributed by atoms with Crippen molar-refractivity contribution in [3.05, 3.63) is 296 Å². The fourth-order valence-corrected chi connectivity index (χ4v) is 15.5. The van der Waals surface area contributed by atoms with Crippen LogP contribution in [-0.2, 0) is 5.41 Å². The number of aryl methyl sites for hydroxylation is 2. The first kappa shape index (κ1) is 28.7. The first-order chi connectivity index (χ1) is 53.1. The van der Waals surface area contributed by atoms with E-state index in [1.54, 1.807) is 24.4 Å². The summed E-state index contributed by atoms with van der Waals surface area (Å²) in [5.74, 6) is 0.952. The Morgan fingerprint density at radius 2 is 1.06 bits per heavy atom. The van der Waals surface area contributed by atoms with Crippen LogP contribution in [0.4, 0.5) is 0 Å². The summed E-state index contributed by atoms with van der Waals surface area (Å²) >= 11 is 0. The summed E-state index contributed by atoms with van der Waals surface area (Å²) in [4.78, 5) is 4.84. The van der Waals surface area contributed by atoms with E-state index >= 15 is 0 Å². The second-order valence-corrected chi connectivity index (χ2v) is 24.7. The molecule has 0 spiro atoms. The summed E-state index contributed by atoms with van der Waals surface area (Å²) in [5, 5.41) is -1.77. The smallest absolute Gasteiger partial charge is 0.269 e. The minimum Gasteiger partial charge on any atom is -0.458 e. The molecule has 4 heterocycles. The number of benzene rings is 11. The van der Waals surface area contributed by atoms with Crippen LogP contribution in [0.2, 0.25) is 0 Å². The molecule has 0 bridgehead atoms. The molecule has 0 fully saturated rings. The number of nitrogens with zero attached hydrogens (tertiary/aromatic N) is 4. The zero-order valence-electron chi connectivity index (χ0n) is 73.9. The van der Waals surface area contributed by atoms with Gasteiger partial charge >= 0.3 is 0 Å². The lowest BCUT2D eigenvalue weighted by molar-refractivity contribution is -0.570. The quantitative estimate of drug-likeness (QED) is 0.0625. The molecule has 14 aromatic rings. The minimum absolute atomic E-state index is 0.00750. The van der Waals surface area contributed by atoms with Gasteiger partial charge < -0.3 is 4.74 Å². The van der Waals surface area contributed by atoms with Crippen molar-refractivity contribution >= 4 is 61.7 Å². The van der Waals surface area contributed by atoms with Crippen molar-refractivity contribution in [3.63, 3.8) is 0 Å². The van der Waals surface area contributed by atoms with E-state index in [1.165, 1.54) is 63.7 Å². The lowest BCUT2D eigenvalue weighted by Crippen LogP contribution is -2.74. The van der Waals surface area contributed by atoms with Gasteiger partial charge in [-0.3, -0.25) is 13.7 Å². The number of imidazole rings is 1. The topological polar surface area (TPSA) is 35.9 Å². The predicted octanol–water partition coefficient (Wildman–Crippen LogP) is 16.3. The zero-order valence-corrected chi connectivity index (χ0v) is 45.9. The molecule has 84 heavy (non-hydrogen) atoms. The SMILES string of the molecule is [2H]c1c([2H])c([2H])c([Si](c2cc3c4c(c2)n(-c2cccc(Oc5ccc6c7ccccc7n(-c7cc(C(C)(C)C)ccn7)c6c5)c2)[c-][n+]4-c2c(-c4c(C([2H])([2H])[2H])cccc4C([2H])([2H])[2H])cccc2-c2c([2H])c([2H])c([2H])c([2H])c2-c2c([2H])c([2H])c([2H])c([2H])c2-3)(c2c([2H])c([2H])c([2H])c([2H])c2[2H])c2c([2H])c([2H])c([2H])c([2H])c2[2H])c([2H])c1[2H]. The van der Waals surface area contributed by atoms with Gasteiger partial charge in [-0.05, 0) is 150 Å². The first-order valence-corrected chi connectivity index (χ1v) is 28.6. The molecular weight excluding hydrogens is 1040 g/mol. The highest BCUT2D eigenvalue weighted by molar-refractivity contribution is 7.20. The van der Waals surface area contributed by atoms with E-state index in [4.69, 9.17) is 22.1 Å². The number of rotatable bonds is 9. The third-order valence-electron chi connectivity index (χ3n) is 15.4. The van der Waals surface area contributed by atoms with E-state index in [-0.39, 0.29) is 50.4 Å². The molecule has 5 nitrogen and oxygen atoms in total. The maximum atomic E-state index is 10.4. The van der Waals surface area contributed by atoms with E-state index in [0.717, 1.165) is 27.9 Å². The van der Waals surface area contributed by atoms with Crippen LogP contribution in [0.5, 0.6) is 11.5 Å². The van der Waals surface area contributed by atoms with Gasteiger partial charge in [-0.2, -0.15) is 0 Å². The molecule has 0 aliphatic carbocycles. The van der Waals surface area contributed by atoms with Crippen LogP contribution in [-0.4, -0.2) is 22.2 Å². The van der Waals surface area contributed by atoms with E-state index in [0.29, 0.717) is 11.3 Å². The summed E-state index contributed by atoms with van der Waals surface area (Å²) < 4.78 is 289. The summed E-state index contributed by atoms with van der Waals surface area (Å²) in [5.41, 5.74) is -3.95. The molecule has 1 aliphatic heterocycles. The molecule has 0 amide bonds. The summed E-state index contributed by atoms with van der Waals surface area (Å²) in [6, 6.07) is 8.83. The van der Waals surface area contributed by atoms with Crippen LogP contribution < -0.4 is 30.1 Å². The average molecular weight is 1130 g/mol. The Morgan fingerprint density at radius 1 is 0.488 bits per heavy atom.